The van der Waals surface area contributed by atoms with Crippen LogP contribution in [0.5, 0.6) is 0 Å². The molecule has 0 amide bonds. The highest BCUT2D eigenvalue weighted by molar-refractivity contribution is 7.21. The van der Waals surface area contributed by atoms with Gasteiger partial charge in [-0.1, -0.05) is 249 Å². The molecule has 312 valence electrons. The minimum Gasteiger partial charge on any atom is -0.295 e. The molecule has 0 aliphatic carbocycles. The molecule has 4 heteroatoms. The quantitative estimate of drug-likeness (QED) is 0.0958. The number of rotatable bonds is 10. The predicted octanol–water partition coefficient (Wildman–Crippen LogP) is 9.48. The van der Waals surface area contributed by atoms with Crippen molar-refractivity contribution in [2.75, 3.05) is 0 Å². The zero-order chi connectivity index (χ0) is 43.9. The average Bonchev–Trinajstić information content (AvgIpc) is 3.93. The fourth-order valence-corrected chi connectivity index (χ4v) is 21.2. The Kier molecular flexibility index (Phi) is 9.90. The smallest absolute Gasteiger partial charge is 0.181 e. The van der Waals surface area contributed by atoms with E-state index in [9.17, 15) is 0 Å². The van der Waals surface area contributed by atoms with Crippen LogP contribution in [0, 0.1) is 0 Å². The number of hydrogen-bond donors (Lipinski definition) is 0. The van der Waals surface area contributed by atoms with Crippen LogP contribution >= 0.6 is 0 Å². The molecule has 12 rings (SSSR count). The monoisotopic (exact) mass is 874 g/mol. The van der Waals surface area contributed by atoms with Crippen LogP contribution in [-0.2, 0) is 0 Å². The van der Waals surface area contributed by atoms with E-state index in [1.54, 1.807) is 0 Å². The molecule has 0 spiro atoms. The van der Waals surface area contributed by atoms with Gasteiger partial charge >= 0.3 is 0 Å². The van der Waals surface area contributed by atoms with Gasteiger partial charge in [0.1, 0.15) is 5.65 Å². The Balaban J connectivity index is 1.36. The number of para-hydroxylation sites is 3. The van der Waals surface area contributed by atoms with E-state index >= 15 is 0 Å². The summed E-state index contributed by atoms with van der Waals surface area (Å²) in [6.07, 6.45) is 0. The van der Waals surface area contributed by atoms with Crippen molar-refractivity contribution in [3.8, 4) is 11.4 Å². The molecule has 0 aliphatic heterocycles. The van der Waals surface area contributed by atoms with Crippen LogP contribution in [0.1, 0.15) is 0 Å². The maximum atomic E-state index is 2.62. The Morgan fingerprint density at radius 3 is 0.955 bits per heavy atom. The molecule has 0 atom stereocenters. The minimum absolute atomic E-state index is 1.13. The van der Waals surface area contributed by atoms with Gasteiger partial charge in [0.05, 0.1) is 11.0 Å². The first kappa shape index (κ1) is 39.6. The lowest BCUT2D eigenvalue weighted by Crippen LogP contribution is -2.75. The lowest BCUT2D eigenvalue weighted by Gasteiger charge is -2.35. The third-order valence-corrected chi connectivity index (χ3v) is 23.4. The maximum Gasteiger partial charge on any atom is 0.181 e. The van der Waals surface area contributed by atoms with E-state index in [0.717, 1.165) is 17.0 Å². The topological polar surface area (TPSA) is 9.86 Å². The second-order valence-corrected chi connectivity index (χ2v) is 24.7. The summed E-state index contributed by atoms with van der Waals surface area (Å²) in [5.74, 6) is 0. The number of nitrogens with zero attached hydrogens (tertiary/aromatic N) is 2. The van der Waals surface area contributed by atoms with Crippen molar-refractivity contribution < 1.29 is 0 Å². The standard InChI is InChI=1S/C62H46N2Si2/c1-9-27-47(28-10-1)63-56-44-26-45-57(65(49-31-13-3-14-32-49,50-33-15-4-16-34-50)51-35-17-5-18-36-51)60(56)59-55-43-25-46-58(61(55)64(62(59)63)48-29-11-2-12-30-48)66(52-37-19-6-20-38-52,53-39-21-7-22-40-53)54-41-23-8-24-42-54/h1-46H. The lowest BCUT2D eigenvalue weighted by molar-refractivity contribution is 1.07. The summed E-state index contributed by atoms with van der Waals surface area (Å²) in [6, 6.07) is 105. The molecular weight excluding hydrogens is 829 g/mol. The number of aromatic nitrogens is 2. The molecule has 2 heterocycles. The summed E-state index contributed by atoms with van der Waals surface area (Å²) in [4.78, 5) is 0. The van der Waals surface area contributed by atoms with E-state index in [0.29, 0.717) is 0 Å². The van der Waals surface area contributed by atoms with Crippen molar-refractivity contribution >= 4 is 90.5 Å². The molecule has 2 aromatic heterocycles. The normalized spacial score (nSPS) is 11.9. The fourth-order valence-electron chi connectivity index (χ4n) is 11.2. The van der Waals surface area contributed by atoms with Crippen molar-refractivity contribution in [1.82, 2.24) is 9.13 Å². The van der Waals surface area contributed by atoms with E-state index in [1.807, 2.05) is 0 Å². The van der Waals surface area contributed by atoms with E-state index in [-0.39, 0.29) is 0 Å². The van der Waals surface area contributed by atoms with Crippen LogP contribution in [0.2, 0.25) is 0 Å². The molecule has 0 saturated carbocycles. The average molecular weight is 875 g/mol. The second kappa shape index (κ2) is 16.5. The Morgan fingerprint density at radius 1 is 0.242 bits per heavy atom. The summed E-state index contributed by atoms with van der Waals surface area (Å²) in [6.45, 7) is 0. The van der Waals surface area contributed by atoms with Crippen molar-refractivity contribution in [2.45, 2.75) is 0 Å². The Bertz CT molecular complexity index is 3400. The molecule has 0 N–H and O–H groups in total. The van der Waals surface area contributed by atoms with Gasteiger partial charge in [0.25, 0.3) is 0 Å². The molecule has 0 radical (unpaired) electrons. The number of hydrogen-bond acceptors (Lipinski definition) is 0. The van der Waals surface area contributed by atoms with E-state index in [1.165, 1.54) is 68.7 Å². The first-order valence-corrected chi connectivity index (χ1v) is 26.9. The highest BCUT2D eigenvalue weighted by atomic mass is 28.3. The van der Waals surface area contributed by atoms with Crippen LogP contribution in [0.3, 0.4) is 0 Å². The number of benzene rings is 10. The third-order valence-electron chi connectivity index (χ3n) is 13.8. The predicted molar refractivity (Wildman–Crippen MR) is 285 cm³/mol. The molecule has 12 aromatic rings. The second-order valence-electron chi connectivity index (χ2n) is 17.1. The van der Waals surface area contributed by atoms with Crippen LogP contribution in [-0.4, -0.2) is 25.3 Å². The van der Waals surface area contributed by atoms with E-state index in [2.05, 4.69) is 288 Å². The van der Waals surface area contributed by atoms with Gasteiger partial charge in [-0.3, -0.25) is 9.13 Å². The Morgan fingerprint density at radius 2 is 0.561 bits per heavy atom. The van der Waals surface area contributed by atoms with Crippen molar-refractivity contribution in [1.29, 1.82) is 0 Å². The van der Waals surface area contributed by atoms with Crippen molar-refractivity contribution in [3.63, 3.8) is 0 Å². The van der Waals surface area contributed by atoms with Crippen molar-refractivity contribution in [3.05, 3.63) is 279 Å². The van der Waals surface area contributed by atoms with E-state index < -0.39 is 16.1 Å². The fraction of sp³-hybridized carbons (Fsp3) is 0. The minimum atomic E-state index is -3.06. The maximum absolute atomic E-state index is 3.06. The Labute approximate surface area is 388 Å². The van der Waals surface area contributed by atoms with Crippen molar-refractivity contribution in [2.24, 2.45) is 0 Å². The molecule has 0 unspecified atom stereocenters. The van der Waals surface area contributed by atoms with Gasteiger partial charge < -0.3 is 0 Å². The summed E-state index contributed by atoms with van der Waals surface area (Å²) in [5.41, 5.74) is 5.84. The van der Waals surface area contributed by atoms with Crippen LogP contribution in [0.25, 0.3) is 44.2 Å². The van der Waals surface area contributed by atoms with Gasteiger partial charge in [-0.25, -0.2) is 0 Å². The molecule has 2 nitrogen and oxygen atoms in total. The SMILES string of the molecule is c1ccc(-n2c3cccc([Si](c4ccccc4)(c4ccccc4)c4ccccc4)c3c3c4cccc([Si](c5ccccc5)(c5ccccc5)c5ccccc5)c4n(-c4ccccc4)c32)cc1. The highest BCUT2D eigenvalue weighted by Gasteiger charge is 2.46. The van der Waals surface area contributed by atoms with Gasteiger partial charge in [0.2, 0.25) is 0 Å². The van der Waals surface area contributed by atoms with Crippen LogP contribution in [0.4, 0.5) is 0 Å². The number of fused-ring (bicyclic) bond motifs is 5. The van der Waals surface area contributed by atoms with Gasteiger partial charge in [-0.2, -0.15) is 0 Å². The van der Waals surface area contributed by atoms with Gasteiger partial charge in [-0.05, 0) is 71.8 Å². The molecule has 0 aliphatic rings. The van der Waals surface area contributed by atoms with Gasteiger partial charge in [0, 0.05) is 27.5 Å². The molecule has 66 heavy (non-hydrogen) atoms. The largest absolute Gasteiger partial charge is 0.295 e. The molecule has 0 bridgehead atoms. The lowest BCUT2D eigenvalue weighted by atomic mass is 10.1. The molecular formula is C62H46N2Si2. The van der Waals surface area contributed by atoms with Crippen LogP contribution in [0.15, 0.2) is 279 Å². The molecule has 10 aromatic carbocycles. The molecule has 0 fully saturated rings. The summed E-state index contributed by atoms with van der Waals surface area (Å²) in [5, 5.41) is 14.6. The van der Waals surface area contributed by atoms with Crippen LogP contribution < -0.4 is 41.5 Å². The first-order chi connectivity index (χ1) is 32.8. The summed E-state index contributed by atoms with van der Waals surface area (Å²) in [7, 11) is -6.11. The highest BCUT2D eigenvalue weighted by Crippen LogP contribution is 2.41. The summed E-state index contributed by atoms with van der Waals surface area (Å²) >= 11 is 0. The Hall–Kier alpha value is -8.03. The summed E-state index contributed by atoms with van der Waals surface area (Å²) < 4.78 is 5.17. The third kappa shape index (κ3) is 6.00. The zero-order valence-corrected chi connectivity index (χ0v) is 38.5. The van der Waals surface area contributed by atoms with E-state index in [4.69, 9.17) is 0 Å². The van der Waals surface area contributed by atoms with Gasteiger partial charge in [0.15, 0.2) is 16.1 Å². The zero-order valence-electron chi connectivity index (χ0n) is 36.5. The first-order valence-electron chi connectivity index (χ1n) is 22.9. The molecule has 0 saturated heterocycles. The van der Waals surface area contributed by atoms with Gasteiger partial charge in [-0.15, -0.1) is 0 Å².